The Morgan fingerprint density at radius 3 is 2.50 bits per heavy atom. The number of aromatic nitrogens is 2. The third kappa shape index (κ3) is 2.16. The van der Waals surface area contributed by atoms with E-state index in [2.05, 4.69) is 9.88 Å². The number of hydrogen-bond acceptors (Lipinski definition) is 2. The van der Waals surface area contributed by atoms with E-state index in [0.717, 1.165) is 0 Å². The smallest absolute Gasteiger partial charge is 0.245 e. The molecule has 2 aliphatic carbocycles. The molecule has 0 spiro atoms. The second-order valence-electron chi connectivity index (χ2n) is 5.60. The highest BCUT2D eigenvalue weighted by Gasteiger charge is 2.39. The molecule has 0 aromatic carbocycles. The molecule has 0 aliphatic heterocycles. The van der Waals surface area contributed by atoms with Crippen molar-refractivity contribution >= 4 is 5.91 Å². The first-order valence-electron chi connectivity index (χ1n) is 7.07. The van der Waals surface area contributed by atoms with Crippen molar-refractivity contribution in [2.45, 2.75) is 63.6 Å². The molecule has 0 saturated heterocycles. The van der Waals surface area contributed by atoms with Crippen LogP contribution in [0.5, 0.6) is 0 Å². The minimum atomic E-state index is -0.117. The van der Waals surface area contributed by atoms with E-state index in [1.54, 1.807) is 12.5 Å². The quantitative estimate of drug-likeness (QED) is 0.819. The van der Waals surface area contributed by atoms with E-state index < -0.39 is 0 Å². The average molecular weight is 247 g/mol. The molecule has 0 N–H and O–H groups in total. The van der Waals surface area contributed by atoms with Crippen LogP contribution in [-0.2, 0) is 4.79 Å². The molecule has 2 saturated carbocycles. The maximum absolute atomic E-state index is 12.7. The summed E-state index contributed by atoms with van der Waals surface area (Å²) in [7, 11) is 0. The van der Waals surface area contributed by atoms with Gasteiger partial charge in [0.15, 0.2) is 0 Å². The van der Waals surface area contributed by atoms with E-state index in [0.29, 0.717) is 12.1 Å². The zero-order valence-electron chi connectivity index (χ0n) is 11.0. The van der Waals surface area contributed by atoms with Crippen LogP contribution in [0.4, 0.5) is 0 Å². The van der Waals surface area contributed by atoms with Crippen LogP contribution >= 0.6 is 0 Å². The van der Waals surface area contributed by atoms with Crippen molar-refractivity contribution in [3.63, 3.8) is 0 Å². The molecule has 0 bridgehead atoms. The number of hydrogen-bond donors (Lipinski definition) is 0. The summed E-state index contributed by atoms with van der Waals surface area (Å²) in [5, 5.41) is 0. The maximum atomic E-state index is 12.7. The molecule has 1 heterocycles. The van der Waals surface area contributed by atoms with Crippen molar-refractivity contribution in [1.29, 1.82) is 0 Å². The number of carbonyl (C=O) groups excluding carboxylic acids is 1. The van der Waals surface area contributed by atoms with Crippen LogP contribution < -0.4 is 0 Å². The third-order valence-electron chi connectivity index (χ3n) is 4.24. The van der Waals surface area contributed by atoms with Gasteiger partial charge in [-0.15, -0.1) is 0 Å². The zero-order chi connectivity index (χ0) is 12.5. The predicted molar refractivity (Wildman–Crippen MR) is 69.1 cm³/mol. The van der Waals surface area contributed by atoms with Gasteiger partial charge in [0.2, 0.25) is 5.91 Å². The Kier molecular flexibility index (Phi) is 3.10. The van der Waals surface area contributed by atoms with Gasteiger partial charge in [0.25, 0.3) is 0 Å². The number of amides is 1. The summed E-state index contributed by atoms with van der Waals surface area (Å²) in [6.07, 6.45) is 12.7. The second kappa shape index (κ2) is 4.75. The first kappa shape index (κ1) is 11.8. The van der Waals surface area contributed by atoms with E-state index in [9.17, 15) is 4.79 Å². The number of imidazole rings is 1. The summed E-state index contributed by atoms with van der Waals surface area (Å²) >= 11 is 0. The highest BCUT2D eigenvalue weighted by molar-refractivity contribution is 5.81. The first-order valence-corrected chi connectivity index (χ1v) is 7.07. The summed E-state index contributed by atoms with van der Waals surface area (Å²) in [5.74, 6) is 0.280. The van der Waals surface area contributed by atoms with Crippen LogP contribution in [0.15, 0.2) is 18.7 Å². The van der Waals surface area contributed by atoms with Gasteiger partial charge < -0.3 is 9.47 Å². The van der Waals surface area contributed by atoms with Crippen molar-refractivity contribution in [3.8, 4) is 0 Å². The lowest BCUT2D eigenvalue weighted by Crippen LogP contribution is -2.43. The second-order valence-corrected chi connectivity index (χ2v) is 5.60. The van der Waals surface area contributed by atoms with Gasteiger partial charge in [-0.25, -0.2) is 4.98 Å². The largest absolute Gasteiger partial charge is 0.335 e. The molecule has 1 unspecified atom stereocenters. The lowest BCUT2D eigenvalue weighted by atomic mass is 10.1. The van der Waals surface area contributed by atoms with Crippen molar-refractivity contribution in [2.75, 3.05) is 0 Å². The van der Waals surface area contributed by atoms with Gasteiger partial charge in [0.1, 0.15) is 6.04 Å². The zero-order valence-corrected chi connectivity index (χ0v) is 11.0. The summed E-state index contributed by atoms with van der Waals surface area (Å²) < 4.78 is 1.91. The molecule has 1 atom stereocenters. The number of carbonyl (C=O) groups is 1. The monoisotopic (exact) mass is 247 g/mol. The third-order valence-corrected chi connectivity index (χ3v) is 4.24. The van der Waals surface area contributed by atoms with Crippen LogP contribution in [0.1, 0.15) is 51.5 Å². The molecule has 1 aromatic heterocycles. The van der Waals surface area contributed by atoms with E-state index in [-0.39, 0.29) is 11.9 Å². The van der Waals surface area contributed by atoms with Crippen molar-refractivity contribution in [2.24, 2.45) is 0 Å². The molecule has 1 amide bonds. The molecule has 4 nitrogen and oxygen atoms in total. The lowest BCUT2D eigenvalue weighted by molar-refractivity contribution is -0.137. The molecule has 98 valence electrons. The summed E-state index contributed by atoms with van der Waals surface area (Å²) in [5.41, 5.74) is 0. The average Bonchev–Trinajstić information content (AvgIpc) is 2.87. The molecule has 0 radical (unpaired) electrons. The van der Waals surface area contributed by atoms with Gasteiger partial charge >= 0.3 is 0 Å². The predicted octanol–water partition coefficient (Wildman–Crippen LogP) is 2.38. The fourth-order valence-electron chi connectivity index (χ4n) is 3.03. The molecule has 2 fully saturated rings. The fourth-order valence-corrected chi connectivity index (χ4v) is 3.03. The summed E-state index contributed by atoms with van der Waals surface area (Å²) in [6, 6.07) is 0.899. The minimum Gasteiger partial charge on any atom is -0.335 e. The van der Waals surface area contributed by atoms with Gasteiger partial charge in [-0.3, -0.25) is 4.79 Å². The van der Waals surface area contributed by atoms with E-state index in [1.165, 1.54) is 38.5 Å². The van der Waals surface area contributed by atoms with Gasteiger partial charge in [-0.1, -0.05) is 12.8 Å². The molecule has 18 heavy (non-hydrogen) atoms. The van der Waals surface area contributed by atoms with Crippen molar-refractivity contribution in [3.05, 3.63) is 18.7 Å². The van der Waals surface area contributed by atoms with Crippen LogP contribution in [0.25, 0.3) is 0 Å². The highest BCUT2D eigenvalue weighted by Crippen LogP contribution is 2.35. The fraction of sp³-hybridized carbons (Fsp3) is 0.714. The van der Waals surface area contributed by atoms with Gasteiger partial charge in [0, 0.05) is 24.5 Å². The first-order chi connectivity index (χ1) is 8.77. The Balaban J connectivity index is 1.75. The lowest BCUT2D eigenvalue weighted by Gasteiger charge is -2.31. The molecular weight excluding hydrogens is 226 g/mol. The highest BCUT2D eigenvalue weighted by atomic mass is 16.2. The number of nitrogens with zero attached hydrogens (tertiary/aromatic N) is 3. The normalized spacial score (nSPS) is 22.1. The van der Waals surface area contributed by atoms with Gasteiger partial charge in [-0.05, 0) is 32.6 Å². The molecule has 2 aliphatic rings. The Bertz CT molecular complexity index is 405. The van der Waals surface area contributed by atoms with Crippen LogP contribution in [0.3, 0.4) is 0 Å². The van der Waals surface area contributed by atoms with E-state index >= 15 is 0 Å². The summed E-state index contributed by atoms with van der Waals surface area (Å²) in [4.78, 5) is 18.9. The van der Waals surface area contributed by atoms with Crippen molar-refractivity contribution in [1.82, 2.24) is 14.5 Å². The van der Waals surface area contributed by atoms with Crippen molar-refractivity contribution < 1.29 is 4.79 Å². The number of rotatable bonds is 4. The van der Waals surface area contributed by atoms with E-state index in [4.69, 9.17) is 0 Å². The standard InChI is InChI=1S/C14H21N3O/c1-11(16-9-8-15-10-16)14(18)17(13-6-7-13)12-4-2-3-5-12/h8-13H,2-7H2,1H3. The Labute approximate surface area is 108 Å². The van der Waals surface area contributed by atoms with Crippen LogP contribution in [-0.4, -0.2) is 32.4 Å². The Morgan fingerprint density at radius 1 is 1.28 bits per heavy atom. The topological polar surface area (TPSA) is 38.1 Å². The van der Waals surface area contributed by atoms with Crippen LogP contribution in [0.2, 0.25) is 0 Å². The van der Waals surface area contributed by atoms with Gasteiger partial charge in [-0.2, -0.15) is 0 Å². The molecule has 4 heteroatoms. The summed E-state index contributed by atoms with van der Waals surface area (Å²) in [6.45, 7) is 1.98. The Hall–Kier alpha value is -1.32. The molecular formula is C14H21N3O. The maximum Gasteiger partial charge on any atom is 0.245 e. The molecule has 1 aromatic rings. The van der Waals surface area contributed by atoms with E-state index in [1.807, 2.05) is 17.7 Å². The SMILES string of the molecule is CC(C(=O)N(C1CCCC1)C1CC1)n1ccnc1. The minimum absolute atomic E-state index is 0.117. The van der Waals surface area contributed by atoms with Gasteiger partial charge in [0.05, 0.1) is 6.33 Å². The molecule has 3 rings (SSSR count). The Morgan fingerprint density at radius 2 is 1.94 bits per heavy atom. The van der Waals surface area contributed by atoms with Crippen LogP contribution in [0, 0.1) is 0 Å².